The zero-order valence-electron chi connectivity index (χ0n) is 23.4. The Balaban J connectivity index is 1.33. The number of Topliss-reactive ketones (excluding diaryl/α,β-unsaturated/α-hetero) is 1. The van der Waals surface area contributed by atoms with Crippen molar-refractivity contribution in [3.63, 3.8) is 0 Å². The number of nitrogens with one attached hydrogen (secondary N) is 2. The van der Waals surface area contributed by atoms with Crippen molar-refractivity contribution in [3.8, 4) is 23.0 Å². The first-order valence-corrected chi connectivity index (χ1v) is 13.4. The summed E-state index contributed by atoms with van der Waals surface area (Å²) in [5.74, 6) is 2.07. The highest BCUT2D eigenvalue weighted by molar-refractivity contribution is 6.02. The van der Waals surface area contributed by atoms with Crippen LogP contribution in [0.15, 0.2) is 49.2 Å². The van der Waals surface area contributed by atoms with Crippen LogP contribution in [0, 0.1) is 0 Å². The van der Waals surface area contributed by atoms with Gasteiger partial charge in [-0.3, -0.25) is 14.4 Å². The summed E-state index contributed by atoms with van der Waals surface area (Å²) < 4.78 is 38.4. The van der Waals surface area contributed by atoms with Crippen LogP contribution in [0.4, 0.5) is 31.8 Å². The molecule has 5 rings (SSSR count). The van der Waals surface area contributed by atoms with Gasteiger partial charge in [0.25, 0.3) is 6.43 Å². The number of methoxy groups -OCH3 is 1. The fourth-order valence-electron chi connectivity index (χ4n) is 4.68. The summed E-state index contributed by atoms with van der Waals surface area (Å²) in [7, 11) is 3.34. The number of rotatable bonds is 12. The van der Waals surface area contributed by atoms with Crippen molar-refractivity contribution >= 4 is 28.8 Å². The number of ketones is 1. The van der Waals surface area contributed by atoms with Gasteiger partial charge >= 0.3 is 0 Å². The summed E-state index contributed by atoms with van der Waals surface area (Å²) in [5, 5.41) is 10.8. The molecule has 14 heteroatoms. The number of halogens is 2. The average Bonchev–Trinajstić information content (AvgIpc) is 3.61. The van der Waals surface area contributed by atoms with Gasteiger partial charge in [-0.15, -0.1) is 0 Å². The molecule has 4 aromatic rings. The van der Waals surface area contributed by atoms with E-state index in [2.05, 4.69) is 35.7 Å². The topological polar surface area (TPSA) is 132 Å². The lowest BCUT2D eigenvalue weighted by Gasteiger charge is -2.17. The molecular formula is C28H31F2N9O3. The van der Waals surface area contributed by atoms with Crippen LogP contribution in [0.2, 0.25) is 0 Å². The lowest BCUT2D eigenvalue weighted by molar-refractivity contribution is 0.0926. The minimum atomic E-state index is -2.37. The maximum absolute atomic E-state index is 12.8. The number of pyridine rings is 1. The molecule has 1 atom stereocenters. The standard InChI is InChI=1S/C28H31F2N9O3/c1-4-22(40)19-11-31-24(36-25-12-33-26(13-32-25)42-17-8-9-39(14-17)15-23(29)30)10-21(19)35-20-7-5-6-18(27(20)41-3)28-34-16-38(2)37-28/h5-7,10-13,16-17,23H,4,8-9,14-15H2,1-3H3,(H2,31,32,35,36)/t17-/m1/s1. The third-order valence-corrected chi connectivity index (χ3v) is 6.65. The summed E-state index contributed by atoms with van der Waals surface area (Å²) in [6, 6.07) is 7.24. The lowest BCUT2D eigenvalue weighted by atomic mass is 10.1. The molecule has 0 amide bonds. The normalized spacial score (nSPS) is 15.1. The van der Waals surface area contributed by atoms with E-state index in [4.69, 9.17) is 9.47 Å². The minimum Gasteiger partial charge on any atom is -0.494 e. The van der Waals surface area contributed by atoms with Gasteiger partial charge in [-0.25, -0.2) is 28.7 Å². The van der Waals surface area contributed by atoms with Crippen molar-refractivity contribution in [2.75, 3.05) is 37.4 Å². The lowest BCUT2D eigenvalue weighted by Crippen LogP contribution is -2.29. The van der Waals surface area contributed by atoms with Crippen LogP contribution < -0.4 is 20.1 Å². The number of anilines is 4. The summed E-state index contributed by atoms with van der Waals surface area (Å²) in [6.07, 6.45) is 4.41. The summed E-state index contributed by atoms with van der Waals surface area (Å²) in [4.78, 5) is 31.8. The monoisotopic (exact) mass is 579 g/mol. The smallest absolute Gasteiger partial charge is 0.251 e. The van der Waals surface area contributed by atoms with E-state index in [-0.39, 0.29) is 18.4 Å². The van der Waals surface area contributed by atoms with Crippen LogP contribution in [0.5, 0.6) is 11.6 Å². The van der Waals surface area contributed by atoms with Gasteiger partial charge < -0.3 is 20.1 Å². The maximum Gasteiger partial charge on any atom is 0.251 e. The summed E-state index contributed by atoms with van der Waals surface area (Å²) in [5.41, 5.74) is 2.24. The van der Waals surface area contributed by atoms with Crippen LogP contribution in [0.3, 0.4) is 0 Å². The predicted octanol–water partition coefficient (Wildman–Crippen LogP) is 4.47. The van der Waals surface area contributed by atoms with Crippen LogP contribution in [0.25, 0.3) is 11.4 Å². The number of carbonyl (C=O) groups excluding carboxylic acids is 1. The number of para-hydroxylation sites is 1. The second-order valence-electron chi connectivity index (χ2n) is 9.69. The first-order chi connectivity index (χ1) is 20.3. The summed E-state index contributed by atoms with van der Waals surface area (Å²) >= 11 is 0. The third-order valence-electron chi connectivity index (χ3n) is 6.65. The van der Waals surface area contributed by atoms with Crippen LogP contribution in [0.1, 0.15) is 30.1 Å². The molecule has 0 bridgehead atoms. The van der Waals surface area contributed by atoms with E-state index >= 15 is 0 Å². The molecule has 3 aromatic heterocycles. The zero-order chi connectivity index (χ0) is 29.6. The third kappa shape index (κ3) is 6.77. The first kappa shape index (κ1) is 28.8. The number of ether oxygens (including phenoxy) is 2. The van der Waals surface area contributed by atoms with Gasteiger partial charge in [0, 0.05) is 38.8 Å². The van der Waals surface area contributed by atoms with Gasteiger partial charge in [-0.1, -0.05) is 13.0 Å². The molecular weight excluding hydrogens is 548 g/mol. The second-order valence-corrected chi connectivity index (χ2v) is 9.69. The van der Waals surface area contributed by atoms with Crippen molar-refractivity contribution < 1.29 is 23.0 Å². The largest absolute Gasteiger partial charge is 0.494 e. The van der Waals surface area contributed by atoms with Gasteiger partial charge in [0.2, 0.25) is 5.88 Å². The van der Waals surface area contributed by atoms with Gasteiger partial charge in [-0.2, -0.15) is 5.10 Å². The molecule has 0 radical (unpaired) electrons. The Morgan fingerprint density at radius 1 is 1.10 bits per heavy atom. The summed E-state index contributed by atoms with van der Waals surface area (Å²) in [6.45, 7) is 2.49. The molecule has 42 heavy (non-hydrogen) atoms. The molecule has 0 saturated carbocycles. The van der Waals surface area contributed by atoms with Crippen LogP contribution in [-0.2, 0) is 7.05 Å². The zero-order valence-corrected chi connectivity index (χ0v) is 23.4. The molecule has 0 spiro atoms. The van der Waals surface area contributed by atoms with E-state index in [0.29, 0.717) is 77.5 Å². The first-order valence-electron chi connectivity index (χ1n) is 13.4. The van der Waals surface area contributed by atoms with E-state index in [0.717, 1.165) is 0 Å². The molecule has 1 aromatic carbocycles. The van der Waals surface area contributed by atoms with Crippen LogP contribution in [-0.4, -0.2) is 79.7 Å². The highest BCUT2D eigenvalue weighted by Gasteiger charge is 2.26. The van der Waals surface area contributed by atoms with E-state index in [1.807, 2.05) is 18.2 Å². The van der Waals surface area contributed by atoms with Crippen molar-refractivity contribution in [1.82, 2.24) is 34.6 Å². The highest BCUT2D eigenvalue weighted by atomic mass is 19.3. The van der Waals surface area contributed by atoms with Crippen molar-refractivity contribution in [2.24, 2.45) is 7.05 Å². The van der Waals surface area contributed by atoms with Crippen molar-refractivity contribution in [2.45, 2.75) is 32.3 Å². The highest BCUT2D eigenvalue weighted by Crippen LogP contribution is 2.37. The Morgan fingerprint density at radius 3 is 2.62 bits per heavy atom. The number of carbonyl (C=O) groups is 1. The quantitative estimate of drug-likeness (QED) is 0.230. The van der Waals surface area contributed by atoms with Crippen molar-refractivity contribution in [3.05, 3.63) is 54.7 Å². The maximum atomic E-state index is 12.8. The molecule has 220 valence electrons. The molecule has 1 aliphatic heterocycles. The van der Waals surface area contributed by atoms with Crippen molar-refractivity contribution in [1.29, 1.82) is 0 Å². The molecule has 4 heterocycles. The number of likely N-dealkylation sites (tertiary alicyclic amines) is 1. The fourth-order valence-corrected chi connectivity index (χ4v) is 4.68. The Morgan fingerprint density at radius 2 is 1.93 bits per heavy atom. The number of hydrogen-bond acceptors (Lipinski definition) is 11. The fraction of sp³-hybridized carbons (Fsp3) is 0.357. The van der Waals surface area contributed by atoms with Gasteiger partial charge in [0.05, 0.1) is 48.5 Å². The molecule has 0 aliphatic carbocycles. The molecule has 0 unspecified atom stereocenters. The molecule has 12 nitrogen and oxygen atoms in total. The van der Waals surface area contributed by atoms with E-state index in [1.54, 1.807) is 43.1 Å². The SMILES string of the molecule is CCC(=O)c1cnc(Nc2cnc(O[C@@H]3CCN(CC(F)F)C3)cn2)cc1Nc1cccc(-c2ncn(C)n2)c1OC. The predicted molar refractivity (Wildman–Crippen MR) is 152 cm³/mol. The van der Waals surface area contributed by atoms with E-state index < -0.39 is 6.43 Å². The number of aryl methyl sites for hydroxylation is 1. The molecule has 1 saturated heterocycles. The van der Waals surface area contributed by atoms with E-state index in [1.165, 1.54) is 18.6 Å². The number of alkyl halides is 2. The number of aromatic nitrogens is 6. The number of hydrogen-bond donors (Lipinski definition) is 2. The van der Waals surface area contributed by atoms with E-state index in [9.17, 15) is 13.6 Å². The molecule has 1 aliphatic rings. The molecule has 1 fully saturated rings. The number of benzene rings is 1. The Hall–Kier alpha value is -4.72. The Labute approximate surface area is 241 Å². The Bertz CT molecular complexity index is 1530. The number of nitrogens with zero attached hydrogens (tertiary/aromatic N) is 7. The minimum absolute atomic E-state index is 0.0848. The van der Waals surface area contributed by atoms with Crippen LogP contribution >= 0.6 is 0 Å². The Kier molecular flexibility index (Phi) is 8.81. The average molecular weight is 580 g/mol. The van der Waals surface area contributed by atoms with Gasteiger partial charge in [0.15, 0.2) is 17.4 Å². The second kappa shape index (κ2) is 12.9. The molecule has 2 N–H and O–H groups in total. The van der Waals surface area contributed by atoms with Gasteiger partial charge in [0.1, 0.15) is 24.1 Å². The van der Waals surface area contributed by atoms with Gasteiger partial charge in [-0.05, 0) is 18.6 Å².